The zero-order valence-electron chi connectivity index (χ0n) is 21.5. The minimum atomic E-state index is 0.0532. The highest BCUT2D eigenvalue weighted by Gasteiger charge is 2.27. The fraction of sp³-hybridized carbons (Fsp3) is 0.233. The van der Waals surface area contributed by atoms with Crippen molar-refractivity contribution in [1.82, 2.24) is 19.3 Å². The van der Waals surface area contributed by atoms with Gasteiger partial charge in [0.1, 0.15) is 11.2 Å². The summed E-state index contributed by atoms with van der Waals surface area (Å²) >= 11 is 0. The Hall–Kier alpha value is -4.88. The molecule has 3 aromatic heterocycles. The Bertz CT molecular complexity index is 1950. The molecule has 2 aromatic carbocycles. The van der Waals surface area contributed by atoms with Crippen LogP contribution < -0.4 is 17.0 Å². The van der Waals surface area contributed by atoms with Gasteiger partial charge in [-0.05, 0) is 79.8 Å². The van der Waals surface area contributed by atoms with Crippen LogP contribution in [0.25, 0.3) is 38.8 Å². The van der Waals surface area contributed by atoms with Crippen molar-refractivity contribution >= 4 is 45.3 Å². The number of allylic oxidation sites excluding steroid dienone is 2. The molecule has 0 radical (unpaired) electrons. The average Bonchev–Trinajstić information content (AvgIpc) is 3.41. The van der Waals surface area contributed by atoms with E-state index < -0.39 is 0 Å². The molecule has 0 saturated heterocycles. The molecule has 0 unspecified atom stereocenters. The zero-order chi connectivity index (χ0) is 26.7. The van der Waals surface area contributed by atoms with Crippen LogP contribution in [0.4, 0.5) is 11.8 Å². The minimum absolute atomic E-state index is 0.0532. The fourth-order valence-corrected chi connectivity index (χ4v) is 5.61. The number of hydrogen-bond acceptors (Lipinski definition) is 7. The first-order valence-electron chi connectivity index (χ1n) is 13.1. The molecule has 0 amide bonds. The molecule has 0 bridgehead atoms. The number of aromatic nitrogens is 4. The van der Waals surface area contributed by atoms with Crippen LogP contribution >= 0.6 is 0 Å². The van der Waals surface area contributed by atoms with Gasteiger partial charge in [0.25, 0.3) is 11.6 Å². The van der Waals surface area contributed by atoms with E-state index in [1.807, 2.05) is 64.7 Å². The number of pyridine rings is 1. The van der Waals surface area contributed by atoms with Gasteiger partial charge >= 0.3 is 0 Å². The van der Waals surface area contributed by atoms with Crippen LogP contribution in [0.5, 0.6) is 0 Å². The number of hydrogen-bond donors (Lipinski definition) is 2. The highest BCUT2D eigenvalue weighted by molar-refractivity contribution is 5.89. The van der Waals surface area contributed by atoms with Gasteiger partial charge in [0, 0.05) is 23.0 Å². The normalized spacial score (nSPS) is 16.6. The molecule has 194 valence electrons. The lowest BCUT2D eigenvalue weighted by atomic mass is 9.91. The summed E-state index contributed by atoms with van der Waals surface area (Å²) < 4.78 is 9.25. The third-order valence-electron chi connectivity index (χ3n) is 7.73. The molecule has 1 saturated carbocycles. The molecule has 7 rings (SSSR count). The van der Waals surface area contributed by atoms with Crippen LogP contribution in [0.3, 0.4) is 0 Å². The van der Waals surface area contributed by atoms with E-state index in [0.717, 1.165) is 52.4 Å². The molecule has 2 aliphatic rings. The summed E-state index contributed by atoms with van der Waals surface area (Å²) in [7, 11) is 0. The lowest BCUT2D eigenvalue weighted by molar-refractivity contribution is 0.298. The van der Waals surface area contributed by atoms with Gasteiger partial charge in [0.05, 0.1) is 17.5 Å². The van der Waals surface area contributed by atoms with Crippen LogP contribution in [0.15, 0.2) is 68.8 Å². The van der Waals surface area contributed by atoms with E-state index in [1.54, 1.807) is 0 Å². The molecule has 0 atom stereocenters. The van der Waals surface area contributed by atoms with Crippen LogP contribution in [-0.4, -0.2) is 25.2 Å². The second-order valence-corrected chi connectivity index (χ2v) is 10.2. The van der Waals surface area contributed by atoms with Gasteiger partial charge in [-0.3, -0.25) is 4.79 Å². The Kier molecular flexibility index (Phi) is 5.28. The number of anilines is 1. The van der Waals surface area contributed by atoms with Crippen molar-refractivity contribution in [3.63, 3.8) is 0 Å². The van der Waals surface area contributed by atoms with Gasteiger partial charge in [0.2, 0.25) is 0 Å². The molecular weight excluding hydrogens is 490 g/mol. The van der Waals surface area contributed by atoms with Crippen LogP contribution in [0.1, 0.15) is 48.5 Å². The first-order chi connectivity index (χ1) is 19.0. The molecule has 0 spiro atoms. The molecule has 4 N–H and O–H groups in total. The quantitative estimate of drug-likeness (QED) is 0.336. The molecule has 4 heterocycles. The van der Waals surface area contributed by atoms with Crippen LogP contribution in [0, 0.1) is 6.92 Å². The van der Waals surface area contributed by atoms with Crippen molar-refractivity contribution in [1.29, 1.82) is 0 Å². The van der Waals surface area contributed by atoms with E-state index in [1.165, 1.54) is 0 Å². The first kappa shape index (κ1) is 23.3. The van der Waals surface area contributed by atoms with Gasteiger partial charge in [0.15, 0.2) is 11.4 Å². The van der Waals surface area contributed by atoms with E-state index in [9.17, 15) is 4.79 Å². The predicted molar refractivity (Wildman–Crippen MR) is 153 cm³/mol. The van der Waals surface area contributed by atoms with Gasteiger partial charge in [-0.2, -0.15) is 15.1 Å². The van der Waals surface area contributed by atoms with Gasteiger partial charge in [-0.25, -0.2) is 4.68 Å². The predicted octanol–water partition coefficient (Wildman–Crippen LogP) is 5.23. The monoisotopic (exact) mass is 517 g/mol. The lowest BCUT2D eigenvalue weighted by Crippen LogP contribution is -2.32. The SMILES string of the molecule is Cc1cccc2cc(Cn3nc(-c4ccc5oc(N)nc5c4)c4c3N=C=CC/C=C\4N)n(C3CCC3)c(=O)c12. The summed E-state index contributed by atoms with van der Waals surface area (Å²) in [5.74, 6) is 3.61. The van der Waals surface area contributed by atoms with Crippen molar-refractivity contribution < 1.29 is 4.42 Å². The average molecular weight is 518 g/mol. The van der Waals surface area contributed by atoms with E-state index in [-0.39, 0.29) is 17.6 Å². The van der Waals surface area contributed by atoms with Crippen molar-refractivity contribution in [2.75, 3.05) is 5.73 Å². The number of rotatable bonds is 4. The van der Waals surface area contributed by atoms with Gasteiger partial charge < -0.3 is 20.5 Å². The molecule has 1 fully saturated rings. The molecular formula is C30H27N7O2. The standard InChI is InChI=1S/C30H27N7O2/c1-17-6-4-7-18-14-21(37(20-8-5-9-20)29(38)25(17)18)16-36-28-26(22(31)10-2-3-13-33-28)27(35-36)19-11-12-24-23(15-19)34-30(32)39-24/h3-4,6-7,10-12,14-15,20H,2,5,8-9,16,31H2,1H3,(H2,32,34)/b22-10+. The highest BCUT2D eigenvalue weighted by Crippen LogP contribution is 2.38. The third kappa shape index (κ3) is 3.78. The van der Waals surface area contributed by atoms with Crippen molar-refractivity contribution in [2.24, 2.45) is 10.7 Å². The van der Waals surface area contributed by atoms with Gasteiger partial charge in [-0.1, -0.05) is 24.3 Å². The largest absolute Gasteiger partial charge is 0.424 e. The maximum atomic E-state index is 13.8. The Labute approximate surface area is 223 Å². The van der Waals surface area contributed by atoms with E-state index in [0.29, 0.717) is 41.3 Å². The third-order valence-corrected chi connectivity index (χ3v) is 7.73. The number of fused-ring (bicyclic) bond motifs is 3. The van der Waals surface area contributed by atoms with Gasteiger partial charge in [-0.15, -0.1) is 0 Å². The van der Waals surface area contributed by atoms with Crippen molar-refractivity contribution in [3.8, 4) is 11.3 Å². The summed E-state index contributed by atoms with van der Waals surface area (Å²) in [6.45, 7) is 2.35. The van der Waals surface area contributed by atoms with Crippen LogP contribution in [-0.2, 0) is 6.54 Å². The lowest BCUT2D eigenvalue weighted by Gasteiger charge is -2.30. The number of aliphatic imine (C=N–C) groups is 1. The highest BCUT2D eigenvalue weighted by atomic mass is 16.4. The second-order valence-electron chi connectivity index (χ2n) is 10.2. The Morgan fingerprint density at radius 2 is 2.03 bits per heavy atom. The van der Waals surface area contributed by atoms with Crippen molar-refractivity contribution in [3.05, 3.63) is 81.8 Å². The summed E-state index contributed by atoms with van der Waals surface area (Å²) in [5.41, 5.74) is 18.3. The smallest absolute Gasteiger partial charge is 0.292 e. The first-order valence-corrected chi connectivity index (χ1v) is 13.1. The fourth-order valence-electron chi connectivity index (χ4n) is 5.61. The molecule has 5 aromatic rings. The summed E-state index contributed by atoms with van der Waals surface area (Å²) in [4.78, 5) is 22.8. The summed E-state index contributed by atoms with van der Waals surface area (Å²) in [6, 6.07) is 14.0. The van der Waals surface area contributed by atoms with Crippen molar-refractivity contribution in [2.45, 2.75) is 45.2 Å². The number of oxazole rings is 1. The number of nitrogens with zero attached hydrogens (tertiary/aromatic N) is 5. The Balaban J connectivity index is 1.44. The summed E-state index contributed by atoms with van der Waals surface area (Å²) in [5, 5.41) is 6.72. The zero-order valence-corrected chi connectivity index (χ0v) is 21.5. The van der Waals surface area contributed by atoms with E-state index >= 15 is 0 Å². The number of nitrogens with two attached hydrogens (primary N) is 2. The molecule has 39 heavy (non-hydrogen) atoms. The molecule has 1 aliphatic carbocycles. The van der Waals surface area contributed by atoms with E-state index in [2.05, 4.69) is 21.9 Å². The second kappa shape index (κ2) is 8.85. The Morgan fingerprint density at radius 1 is 1.15 bits per heavy atom. The Morgan fingerprint density at radius 3 is 2.85 bits per heavy atom. The van der Waals surface area contributed by atoms with E-state index in [4.69, 9.17) is 21.0 Å². The number of aryl methyl sites for hydroxylation is 1. The molecule has 9 nitrogen and oxygen atoms in total. The molecule has 9 heteroatoms. The summed E-state index contributed by atoms with van der Waals surface area (Å²) in [6.07, 6.45) is 7.48. The van der Waals surface area contributed by atoms with Crippen LogP contribution in [0.2, 0.25) is 0 Å². The molecule has 1 aliphatic heterocycles. The number of nitrogen functional groups attached to an aromatic ring is 1. The number of benzene rings is 2. The topological polar surface area (TPSA) is 130 Å². The maximum absolute atomic E-state index is 13.8. The minimum Gasteiger partial charge on any atom is -0.424 e. The maximum Gasteiger partial charge on any atom is 0.292 e.